The normalized spacial score (nSPS) is 22.3. The van der Waals surface area contributed by atoms with Gasteiger partial charge in [-0.25, -0.2) is 0 Å². The molecule has 1 heterocycles. The predicted octanol–water partition coefficient (Wildman–Crippen LogP) is 1.42. The number of hydrogen-bond donors (Lipinski definition) is 2. The Balaban J connectivity index is 1.65. The second-order valence-corrected chi connectivity index (χ2v) is 6.02. The Kier molecular flexibility index (Phi) is 3.61. The highest BCUT2D eigenvalue weighted by molar-refractivity contribution is 7.80. The molecule has 1 saturated carbocycles. The molecule has 0 bridgehead atoms. The van der Waals surface area contributed by atoms with E-state index in [1.807, 2.05) is 24.3 Å². The zero-order valence-electron chi connectivity index (χ0n) is 11.2. The number of amides is 1. The van der Waals surface area contributed by atoms with Crippen LogP contribution in [-0.2, 0) is 11.2 Å². The van der Waals surface area contributed by atoms with Gasteiger partial charge in [0.25, 0.3) is 0 Å². The smallest absolute Gasteiger partial charge is 0.227 e. The Morgan fingerprint density at radius 3 is 2.85 bits per heavy atom. The van der Waals surface area contributed by atoms with Crippen molar-refractivity contribution in [3.8, 4) is 5.75 Å². The van der Waals surface area contributed by atoms with E-state index in [0.717, 1.165) is 24.2 Å². The van der Waals surface area contributed by atoms with Crippen LogP contribution >= 0.6 is 12.2 Å². The Morgan fingerprint density at radius 1 is 1.40 bits per heavy atom. The number of ether oxygens (including phenoxy) is 1. The van der Waals surface area contributed by atoms with E-state index < -0.39 is 0 Å². The number of nitrogens with one attached hydrogen (secondary N) is 1. The topological polar surface area (TPSA) is 64.3 Å². The molecule has 2 unspecified atom stereocenters. The van der Waals surface area contributed by atoms with Gasteiger partial charge in [0, 0.05) is 0 Å². The second kappa shape index (κ2) is 5.40. The van der Waals surface area contributed by atoms with Crippen molar-refractivity contribution >= 4 is 23.1 Å². The van der Waals surface area contributed by atoms with Crippen molar-refractivity contribution in [1.29, 1.82) is 0 Å². The van der Waals surface area contributed by atoms with Crippen molar-refractivity contribution in [2.75, 3.05) is 6.61 Å². The summed E-state index contributed by atoms with van der Waals surface area (Å²) in [5, 5.41) is 2.99. The van der Waals surface area contributed by atoms with Crippen LogP contribution in [0, 0.1) is 11.8 Å². The highest BCUT2D eigenvalue weighted by Gasteiger charge is 2.36. The number of rotatable bonds is 4. The maximum absolute atomic E-state index is 12.3. The Bertz CT molecular complexity index is 542. The lowest BCUT2D eigenvalue weighted by molar-refractivity contribution is -0.126. The first kappa shape index (κ1) is 13.4. The number of thiocarbonyl (C=S) groups is 1. The Labute approximate surface area is 123 Å². The van der Waals surface area contributed by atoms with Gasteiger partial charge in [-0.05, 0) is 36.8 Å². The lowest BCUT2D eigenvalue weighted by Gasteiger charge is -2.26. The molecule has 2 atom stereocenters. The van der Waals surface area contributed by atoms with E-state index in [9.17, 15) is 4.79 Å². The van der Waals surface area contributed by atoms with Gasteiger partial charge in [0.15, 0.2) is 0 Å². The lowest BCUT2D eigenvalue weighted by Crippen LogP contribution is -2.49. The number of carbonyl (C=O) groups is 1. The average Bonchev–Trinajstić information content (AvgIpc) is 3.28. The van der Waals surface area contributed by atoms with Crippen LogP contribution in [0.5, 0.6) is 5.75 Å². The Morgan fingerprint density at radius 2 is 2.15 bits per heavy atom. The molecular weight excluding hydrogens is 272 g/mol. The number of para-hydroxylation sites is 1. The van der Waals surface area contributed by atoms with E-state index in [2.05, 4.69) is 5.32 Å². The van der Waals surface area contributed by atoms with Crippen molar-refractivity contribution in [3.63, 3.8) is 0 Å². The van der Waals surface area contributed by atoms with Crippen LogP contribution in [0.15, 0.2) is 24.3 Å². The minimum atomic E-state index is -0.166. The molecule has 3 N–H and O–H groups in total. The van der Waals surface area contributed by atoms with Gasteiger partial charge in [0.2, 0.25) is 5.91 Å². The van der Waals surface area contributed by atoms with Gasteiger partial charge in [-0.2, -0.15) is 0 Å². The molecule has 0 saturated heterocycles. The summed E-state index contributed by atoms with van der Waals surface area (Å²) in [6.45, 7) is 0.414. The summed E-state index contributed by atoms with van der Waals surface area (Å²) in [4.78, 5) is 12.7. The molecule has 20 heavy (non-hydrogen) atoms. The van der Waals surface area contributed by atoms with Gasteiger partial charge < -0.3 is 15.8 Å². The number of benzene rings is 1. The Hall–Kier alpha value is -1.62. The fourth-order valence-electron chi connectivity index (χ4n) is 2.62. The van der Waals surface area contributed by atoms with Gasteiger partial charge in [-0.1, -0.05) is 30.4 Å². The summed E-state index contributed by atoms with van der Waals surface area (Å²) < 4.78 is 5.65. The molecule has 4 nitrogen and oxygen atoms in total. The molecule has 1 amide bonds. The number of carbonyl (C=O) groups excluding carboxylic acids is 1. The molecule has 0 spiro atoms. The van der Waals surface area contributed by atoms with Crippen LogP contribution in [0.3, 0.4) is 0 Å². The molecule has 106 valence electrons. The minimum absolute atomic E-state index is 0.01000. The molecule has 0 radical (unpaired) electrons. The standard InChI is InChI=1S/C15H18N2O2S/c16-14(20)13(9-5-6-9)17-15(18)11-7-10-3-1-2-4-12(10)19-8-11/h1-4,9,11,13H,5-8H2,(H2,16,20)(H,17,18). The van der Waals surface area contributed by atoms with Gasteiger partial charge >= 0.3 is 0 Å². The summed E-state index contributed by atoms with van der Waals surface area (Å²) in [6.07, 6.45) is 2.88. The van der Waals surface area contributed by atoms with E-state index in [1.54, 1.807) is 0 Å². The molecule has 1 aliphatic carbocycles. The van der Waals surface area contributed by atoms with Gasteiger partial charge in [-0.3, -0.25) is 4.79 Å². The summed E-state index contributed by atoms with van der Waals surface area (Å²) in [5.74, 6) is 1.13. The molecule has 1 fully saturated rings. The molecule has 5 heteroatoms. The predicted molar refractivity (Wildman–Crippen MR) is 80.6 cm³/mol. The highest BCUT2D eigenvalue weighted by Crippen LogP contribution is 2.33. The van der Waals surface area contributed by atoms with Crippen molar-refractivity contribution < 1.29 is 9.53 Å². The molecular formula is C15H18N2O2S. The zero-order valence-corrected chi connectivity index (χ0v) is 12.0. The van der Waals surface area contributed by atoms with Crippen molar-refractivity contribution in [2.45, 2.75) is 25.3 Å². The van der Waals surface area contributed by atoms with Crippen molar-refractivity contribution in [1.82, 2.24) is 5.32 Å². The van der Waals surface area contributed by atoms with E-state index in [1.165, 1.54) is 0 Å². The van der Waals surface area contributed by atoms with Crippen LogP contribution < -0.4 is 15.8 Å². The van der Waals surface area contributed by atoms with Gasteiger partial charge in [0.05, 0.1) is 16.9 Å². The first-order valence-corrected chi connectivity index (χ1v) is 7.36. The van der Waals surface area contributed by atoms with E-state index in [-0.39, 0.29) is 17.9 Å². The largest absolute Gasteiger partial charge is 0.492 e. The monoisotopic (exact) mass is 290 g/mol. The summed E-state index contributed by atoms with van der Waals surface area (Å²) >= 11 is 5.05. The zero-order chi connectivity index (χ0) is 14.1. The lowest BCUT2D eigenvalue weighted by atomic mass is 9.95. The number of fused-ring (bicyclic) bond motifs is 1. The molecule has 1 aromatic rings. The maximum atomic E-state index is 12.3. The molecule has 2 aliphatic rings. The quantitative estimate of drug-likeness (QED) is 0.823. The SMILES string of the molecule is NC(=S)C(NC(=O)C1COc2ccccc2C1)C1CC1. The molecule has 3 rings (SSSR count). The third-order valence-corrected chi connectivity index (χ3v) is 4.20. The van der Waals surface area contributed by atoms with Crippen LogP contribution in [-0.4, -0.2) is 23.5 Å². The third-order valence-electron chi connectivity index (χ3n) is 3.95. The van der Waals surface area contributed by atoms with Gasteiger partial charge in [-0.15, -0.1) is 0 Å². The minimum Gasteiger partial charge on any atom is -0.492 e. The average molecular weight is 290 g/mol. The fourth-order valence-corrected chi connectivity index (χ4v) is 2.87. The summed E-state index contributed by atoms with van der Waals surface area (Å²) in [6, 6.07) is 7.68. The van der Waals surface area contributed by atoms with E-state index in [4.69, 9.17) is 22.7 Å². The summed E-state index contributed by atoms with van der Waals surface area (Å²) in [5.41, 5.74) is 6.80. The van der Waals surface area contributed by atoms with Gasteiger partial charge in [0.1, 0.15) is 12.4 Å². The first-order chi connectivity index (χ1) is 9.65. The summed E-state index contributed by atoms with van der Waals surface area (Å²) in [7, 11) is 0. The van der Waals surface area contributed by atoms with Crippen LogP contribution in [0.2, 0.25) is 0 Å². The van der Waals surface area contributed by atoms with Crippen LogP contribution in [0.1, 0.15) is 18.4 Å². The number of nitrogens with two attached hydrogens (primary N) is 1. The molecule has 1 aromatic carbocycles. The molecule has 0 aromatic heterocycles. The fraction of sp³-hybridized carbons (Fsp3) is 0.467. The second-order valence-electron chi connectivity index (χ2n) is 5.55. The van der Waals surface area contributed by atoms with Crippen LogP contribution in [0.4, 0.5) is 0 Å². The highest BCUT2D eigenvalue weighted by atomic mass is 32.1. The number of hydrogen-bond acceptors (Lipinski definition) is 3. The van der Waals surface area contributed by atoms with Crippen molar-refractivity contribution in [2.24, 2.45) is 17.6 Å². The first-order valence-electron chi connectivity index (χ1n) is 6.95. The maximum Gasteiger partial charge on any atom is 0.227 e. The van der Waals surface area contributed by atoms with Crippen LogP contribution in [0.25, 0.3) is 0 Å². The van der Waals surface area contributed by atoms with E-state index in [0.29, 0.717) is 23.9 Å². The van der Waals surface area contributed by atoms with E-state index >= 15 is 0 Å². The third kappa shape index (κ3) is 2.77. The molecule has 1 aliphatic heterocycles. The van der Waals surface area contributed by atoms with Crippen molar-refractivity contribution in [3.05, 3.63) is 29.8 Å².